The Morgan fingerprint density at radius 2 is 2.17 bits per heavy atom. The summed E-state index contributed by atoms with van der Waals surface area (Å²) in [6.45, 7) is 0. The fourth-order valence-electron chi connectivity index (χ4n) is 3.14. The molecular formula is C17H14FN3O2. The predicted molar refractivity (Wildman–Crippen MR) is 81.5 cm³/mol. The molecule has 1 aromatic carbocycles. The maximum atomic E-state index is 14.0. The number of benzene rings is 1. The van der Waals surface area contributed by atoms with Crippen molar-refractivity contribution in [2.75, 3.05) is 0 Å². The van der Waals surface area contributed by atoms with Gasteiger partial charge in [0.05, 0.1) is 11.6 Å². The minimum absolute atomic E-state index is 0.332. The Morgan fingerprint density at radius 3 is 2.96 bits per heavy atom. The smallest absolute Gasteiger partial charge is 0.306 e. The first kappa shape index (κ1) is 13.9. The number of nitrogens with zero attached hydrogens (tertiary/aromatic N) is 3. The summed E-state index contributed by atoms with van der Waals surface area (Å²) < 4.78 is 15.7. The van der Waals surface area contributed by atoms with E-state index in [1.807, 2.05) is 0 Å². The second kappa shape index (κ2) is 5.15. The van der Waals surface area contributed by atoms with Crippen LogP contribution in [0.15, 0.2) is 36.8 Å². The van der Waals surface area contributed by atoms with E-state index in [1.54, 1.807) is 35.1 Å². The van der Waals surface area contributed by atoms with E-state index in [4.69, 9.17) is 0 Å². The molecule has 2 heterocycles. The van der Waals surface area contributed by atoms with Crippen molar-refractivity contribution in [2.24, 2.45) is 5.92 Å². The quantitative estimate of drug-likeness (QED) is 0.790. The molecule has 2 aromatic heterocycles. The van der Waals surface area contributed by atoms with Crippen LogP contribution in [-0.2, 0) is 17.6 Å². The lowest BCUT2D eigenvalue weighted by atomic mass is 9.87. The number of imidazole rings is 1. The van der Waals surface area contributed by atoms with Crippen LogP contribution in [0, 0.1) is 11.7 Å². The third-order valence-corrected chi connectivity index (χ3v) is 4.37. The summed E-state index contributed by atoms with van der Waals surface area (Å²) in [5.74, 6) is -1.54. The molecule has 0 aliphatic heterocycles. The maximum Gasteiger partial charge on any atom is 0.306 e. The molecule has 0 bridgehead atoms. The van der Waals surface area contributed by atoms with Gasteiger partial charge in [0.15, 0.2) is 0 Å². The van der Waals surface area contributed by atoms with Crippen LogP contribution in [0.4, 0.5) is 4.39 Å². The van der Waals surface area contributed by atoms with Crippen molar-refractivity contribution in [3.63, 3.8) is 0 Å². The van der Waals surface area contributed by atoms with Crippen molar-refractivity contribution < 1.29 is 14.3 Å². The number of rotatable bonds is 2. The molecule has 1 aliphatic carbocycles. The number of carbonyl (C=O) groups is 1. The highest BCUT2D eigenvalue weighted by Gasteiger charge is 2.27. The number of fused-ring (bicyclic) bond motifs is 3. The lowest BCUT2D eigenvalue weighted by molar-refractivity contribution is -0.142. The van der Waals surface area contributed by atoms with Crippen molar-refractivity contribution in [1.82, 2.24) is 14.4 Å². The van der Waals surface area contributed by atoms with E-state index < -0.39 is 11.9 Å². The number of hydrogen-bond acceptors (Lipinski definition) is 3. The number of aliphatic carboxylic acids is 1. The number of carboxylic acids is 1. The summed E-state index contributed by atoms with van der Waals surface area (Å²) in [6.07, 6.45) is 5.02. The second-order valence-corrected chi connectivity index (χ2v) is 5.78. The van der Waals surface area contributed by atoms with E-state index in [1.165, 1.54) is 6.07 Å². The van der Waals surface area contributed by atoms with E-state index >= 15 is 0 Å². The van der Waals surface area contributed by atoms with Gasteiger partial charge in [0.2, 0.25) is 0 Å². The Morgan fingerprint density at radius 1 is 1.35 bits per heavy atom. The molecule has 1 aliphatic rings. The van der Waals surface area contributed by atoms with Gasteiger partial charge in [0, 0.05) is 23.0 Å². The minimum Gasteiger partial charge on any atom is -0.481 e. The summed E-state index contributed by atoms with van der Waals surface area (Å²) in [7, 11) is 0. The summed E-state index contributed by atoms with van der Waals surface area (Å²) in [5.41, 5.74) is 3.36. The Labute approximate surface area is 131 Å². The van der Waals surface area contributed by atoms with Gasteiger partial charge in [-0.3, -0.25) is 9.20 Å². The Bertz CT molecular complexity index is 919. The van der Waals surface area contributed by atoms with E-state index in [2.05, 4.69) is 9.97 Å². The molecule has 0 spiro atoms. The molecule has 0 saturated carbocycles. The number of halogens is 1. The van der Waals surface area contributed by atoms with Crippen molar-refractivity contribution in [1.29, 1.82) is 0 Å². The molecule has 4 rings (SSSR count). The molecule has 23 heavy (non-hydrogen) atoms. The van der Waals surface area contributed by atoms with Gasteiger partial charge in [-0.2, -0.15) is 0 Å². The van der Waals surface area contributed by atoms with Gasteiger partial charge in [-0.05, 0) is 31.4 Å². The molecule has 6 heteroatoms. The summed E-state index contributed by atoms with van der Waals surface area (Å²) in [5, 5.41) is 9.26. The van der Waals surface area contributed by atoms with Gasteiger partial charge in [0.25, 0.3) is 0 Å². The third kappa shape index (κ3) is 2.27. The lowest BCUT2D eigenvalue weighted by Gasteiger charge is -2.20. The highest BCUT2D eigenvalue weighted by molar-refractivity contribution is 5.72. The topological polar surface area (TPSA) is 67.5 Å². The molecule has 3 aromatic rings. The molecule has 1 N–H and O–H groups in total. The van der Waals surface area contributed by atoms with Crippen LogP contribution in [0.5, 0.6) is 0 Å². The highest BCUT2D eigenvalue weighted by Crippen LogP contribution is 2.29. The van der Waals surface area contributed by atoms with Gasteiger partial charge in [-0.25, -0.2) is 14.4 Å². The molecule has 1 atom stereocenters. The average Bonchev–Trinajstić information content (AvgIpc) is 2.99. The van der Waals surface area contributed by atoms with Crippen LogP contribution in [-0.4, -0.2) is 25.4 Å². The summed E-state index contributed by atoms with van der Waals surface area (Å²) in [4.78, 5) is 20.2. The zero-order valence-electron chi connectivity index (χ0n) is 12.2. The lowest BCUT2D eigenvalue weighted by Crippen LogP contribution is -2.23. The second-order valence-electron chi connectivity index (χ2n) is 5.78. The SMILES string of the molecule is O=C(O)C1CCc2ncn3cc(-c4ccccc4F)nc3c2C1. The molecule has 0 fully saturated rings. The Kier molecular flexibility index (Phi) is 3.11. The van der Waals surface area contributed by atoms with Gasteiger partial charge in [0.1, 0.15) is 17.8 Å². The van der Waals surface area contributed by atoms with E-state index in [0.29, 0.717) is 36.2 Å². The number of aryl methyl sites for hydroxylation is 1. The number of aromatic nitrogens is 3. The summed E-state index contributed by atoms with van der Waals surface area (Å²) >= 11 is 0. The first-order chi connectivity index (χ1) is 11.1. The fourth-order valence-corrected chi connectivity index (χ4v) is 3.14. The predicted octanol–water partition coefficient (Wildman–Crippen LogP) is 2.72. The van der Waals surface area contributed by atoms with E-state index in [-0.39, 0.29) is 5.82 Å². The Hall–Kier alpha value is -2.76. The molecule has 116 valence electrons. The minimum atomic E-state index is -0.793. The van der Waals surface area contributed by atoms with Crippen LogP contribution in [0.1, 0.15) is 17.7 Å². The number of hydrogen-bond donors (Lipinski definition) is 1. The normalized spacial score (nSPS) is 17.2. The van der Waals surface area contributed by atoms with Gasteiger partial charge >= 0.3 is 5.97 Å². The summed E-state index contributed by atoms with van der Waals surface area (Å²) in [6, 6.07) is 6.47. The molecule has 0 radical (unpaired) electrons. The fraction of sp³-hybridized carbons (Fsp3) is 0.235. The van der Waals surface area contributed by atoms with E-state index in [0.717, 1.165) is 11.3 Å². The van der Waals surface area contributed by atoms with Crippen LogP contribution in [0.2, 0.25) is 0 Å². The van der Waals surface area contributed by atoms with Gasteiger partial charge in [-0.15, -0.1) is 0 Å². The first-order valence-corrected chi connectivity index (χ1v) is 7.46. The van der Waals surface area contributed by atoms with Crippen LogP contribution in [0.3, 0.4) is 0 Å². The first-order valence-electron chi connectivity index (χ1n) is 7.46. The van der Waals surface area contributed by atoms with Crippen LogP contribution < -0.4 is 0 Å². The molecule has 0 amide bonds. The molecular weight excluding hydrogens is 297 g/mol. The van der Waals surface area contributed by atoms with Crippen LogP contribution >= 0.6 is 0 Å². The van der Waals surface area contributed by atoms with Crippen molar-refractivity contribution in [3.8, 4) is 11.3 Å². The Balaban J connectivity index is 1.86. The largest absolute Gasteiger partial charge is 0.481 e. The maximum absolute atomic E-state index is 14.0. The monoisotopic (exact) mass is 311 g/mol. The van der Waals surface area contributed by atoms with Crippen molar-refractivity contribution >= 4 is 11.6 Å². The standard InChI is InChI=1S/C17H14FN3O2/c18-13-4-2-1-3-11(13)15-8-21-9-19-14-6-5-10(17(22)23)7-12(14)16(21)20-15/h1-4,8-10H,5-7H2,(H,22,23). The van der Waals surface area contributed by atoms with Gasteiger partial charge < -0.3 is 5.11 Å². The third-order valence-electron chi connectivity index (χ3n) is 4.37. The molecule has 1 unspecified atom stereocenters. The zero-order chi connectivity index (χ0) is 16.0. The highest BCUT2D eigenvalue weighted by atomic mass is 19.1. The molecule has 5 nitrogen and oxygen atoms in total. The van der Waals surface area contributed by atoms with Crippen molar-refractivity contribution in [3.05, 3.63) is 53.9 Å². The van der Waals surface area contributed by atoms with Crippen LogP contribution in [0.25, 0.3) is 16.9 Å². The van der Waals surface area contributed by atoms with Gasteiger partial charge in [-0.1, -0.05) is 12.1 Å². The van der Waals surface area contributed by atoms with Crippen molar-refractivity contribution in [2.45, 2.75) is 19.3 Å². The average molecular weight is 311 g/mol. The molecule has 0 saturated heterocycles. The number of carboxylic acid groups (broad SMARTS) is 1. The van der Waals surface area contributed by atoms with E-state index in [9.17, 15) is 14.3 Å². The zero-order valence-corrected chi connectivity index (χ0v) is 12.2.